The van der Waals surface area contributed by atoms with Gasteiger partial charge in [0.1, 0.15) is 12.4 Å². The summed E-state index contributed by atoms with van der Waals surface area (Å²) < 4.78 is 44.2. The third-order valence-corrected chi connectivity index (χ3v) is 5.65. The molecule has 8 nitrogen and oxygen atoms in total. The molecule has 0 spiro atoms. The molecule has 2 atom stereocenters. The zero-order chi connectivity index (χ0) is 21.0. The Bertz CT molecular complexity index is 616. The van der Waals surface area contributed by atoms with Crippen molar-refractivity contribution in [3.8, 4) is 5.75 Å². The van der Waals surface area contributed by atoms with Crippen molar-refractivity contribution < 1.29 is 32.6 Å². The number of hydrogen-bond acceptors (Lipinski definition) is 7. The first-order chi connectivity index (χ1) is 13.4. The summed E-state index contributed by atoms with van der Waals surface area (Å²) in [5.74, 6) is 0.723. The molecule has 162 valence electrons. The van der Waals surface area contributed by atoms with Crippen molar-refractivity contribution in [1.82, 2.24) is 5.09 Å². The number of benzene rings is 1. The van der Waals surface area contributed by atoms with Crippen LogP contribution in [0.2, 0.25) is 5.02 Å². The molecule has 0 saturated carbocycles. The van der Waals surface area contributed by atoms with Gasteiger partial charge in [-0.15, -0.1) is 0 Å². The third-order valence-electron chi connectivity index (χ3n) is 3.75. The normalized spacial score (nSPS) is 14.8. The lowest BCUT2D eigenvalue weighted by Gasteiger charge is -2.20. The number of ether oxygens (including phenoxy) is 4. The molecule has 0 aromatic heterocycles. The van der Waals surface area contributed by atoms with Crippen molar-refractivity contribution in [2.75, 3.05) is 54.3 Å². The van der Waals surface area contributed by atoms with E-state index >= 15 is 0 Å². The van der Waals surface area contributed by atoms with E-state index in [-0.39, 0.29) is 19.1 Å². The van der Waals surface area contributed by atoms with Gasteiger partial charge in [0.2, 0.25) is 0 Å². The van der Waals surface area contributed by atoms with Crippen LogP contribution in [0.15, 0.2) is 18.2 Å². The lowest BCUT2D eigenvalue weighted by atomic mass is 10.2. The topological polar surface area (TPSA) is 84.5 Å². The fourth-order valence-corrected chi connectivity index (χ4v) is 3.70. The Balaban J connectivity index is 2.45. The monoisotopic (exact) mass is 439 g/mol. The van der Waals surface area contributed by atoms with Crippen LogP contribution in [0.4, 0.5) is 0 Å². The minimum atomic E-state index is -3.39. The molecule has 1 aromatic carbocycles. The Kier molecular flexibility index (Phi) is 12.2. The van der Waals surface area contributed by atoms with Crippen molar-refractivity contribution in [3.05, 3.63) is 28.8 Å². The fourth-order valence-electron chi connectivity index (χ4n) is 2.26. The maximum Gasteiger partial charge on any atom is 0.405 e. The summed E-state index contributed by atoms with van der Waals surface area (Å²) in [4.78, 5) is 0. The van der Waals surface area contributed by atoms with Crippen LogP contribution in [0.25, 0.3) is 0 Å². The van der Waals surface area contributed by atoms with Crippen molar-refractivity contribution in [2.45, 2.75) is 20.1 Å². The van der Waals surface area contributed by atoms with Crippen LogP contribution < -0.4 is 9.82 Å². The van der Waals surface area contributed by atoms with Gasteiger partial charge in [-0.2, -0.15) is 0 Å². The molecule has 0 fully saturated rings. The van der Waals surface area contributed by atoms with Crippen molar-refractivity contribution in [1.29, 1.82) is 0 Å². The Labute approximate surface area is 172 Å². The zero-order valence-electron chi connectivity index (χ0n) is 17.1. The molecular formula is C18H31ClNO7P. The summed E-state index contributed by atoms with van der Waals surface area (Å²) in [6, 6.07) is 5.17. The van der Waals surface area contributed by atoms with Crippen LogP contribution in [0.3, 0.4) is 0 Å². The van der Waals surface area contributed by atoms with Gasteiger partial charge in [0.15, 0.2) is 6.29 Å². The number of halogens is 1. The van der Waals surface area contributed by atoms with E-state index < -0.39 is 14.0 Å². The number of methoxy groups -OCH3 is 2. The Hall–Kier alpha value is -0.700. The standard InChI is InChI=1S/C18H31ClNO7P/c1-6-25-13-14(2)12-20-28(21,24-5)27-10-9-26-15-7-8-16(17(19)11-15)18(22-3)23-4/h7-8,11,14,18H,6,9-10,12-13H2,1-5H3,(H,20,21). The van der Waals surface area contributed by atoms with Gasteiger partial charge >= 0.3 is 7.75 Å². The van der Waals surface area contributed by atoms with Crippen LogP contribution in [0.5, 0.6) is 5.75 Å². The largest absolute Gasteiger partial charge is 0.491 e. The summed E-state index contributed by atoms with van der Waals surface area (Å²) in [6.07, 6.45) is -0.548. The summed E-state index contributed by atoms with van der Waals surface area (Å²) in [5.41, 5.74) is 0.699. The van der Waals surface area contributed by atoms with Crippen LogP contribution >= 0.6 is 19.3 Å². The van der Waals surface area contributed by atoms with Crippen LogP contribution in [0, 0.1) is 5.92 Å². The zero-order valence-corrected chi connectivity index (χ0v) is 18.8. The molecule has 0 amide bonds. The lowest BCUT2D eigenvalue weighted by Crippen LogP contribution is -2.24. The van der Waals surface area contributed by atoms with E-state index in [0.29, 0.717) is 36.1 Å². The van der Waals surface area contributed by atoms with E-state index in [1.165, 1.54) is 21.3 Å². The van der Waals surface area contributed by atoms with Gasteiger partial charge in [0, 0.05) is 40.0 Å². The SMILES string of the molecule is CCOCC(C)CNP(=O)(OC)OCCOc1ccc(C(OC)OC)c(Cl)c1. The predicted molar refractivity (Wildman–Crippen MR) is 108 cm³/mol. The van der Waals surface area contributed by atoms with Crippen LogP contribution in [-0.4, -0.2) is 54.3 Å². The Morgan fingerprint density at radius 3 is 2.46 bits per heavy atom. The number of hydrogen-bond donors (Lipinski definition) is 1. The second-order valence-electron chi connectivity index (χ2n) is 5.98. The minimum Gasteiger partial charge on any atom is -0.491 e. The molecule has 0 heterocycles. The summed E-state index contributed by atoms with van der Waals surface area (Å²) >= 11 is 6.24. The molecule has 0 aliphatic rings. The third kappa shape index (κ3) is 8.76. The second kappa shape index (κ2) is 13.5. The van der Waals surface area contributed by atoms with Gasteiger partial charge in [-0.1, -0.05) is 18.5 Å². The highest BCUT2D eigenvalue weighted by Crippen LogP contribution is 2.42. The van der Waals surface area contributed by atoms with Gasteiger partial charge in [-0.05, 0) is 31.0 Å². The second-order valence-corrected chi connectivity index (χ2v) is 8.32. The maximum absolute atomic E-state index is 12.5. The molecule has 0 aliphatic carbocycles. The molecule has 10 heteroatoms. The van der Waals surface area contributed by atoms with E-state index in [1.54, 1.807) is 18.2 Å². The average Bonchev–Trinajstić information content (AvgIpc) is 2.70. The first-order valence-electron chi connectivity index (χ1n) is 9.00. The molecule has 1 rings (SSSR count). The molecule has 0 saturated heterocycles. The molecule has 0 radical (unpaired) electrons. The first kappa shape index (κ1) is 25.3. The molecule has 0 bridgehead atoms. The Morgan fingerprint density at radius 2 is 1.89 bits per heavy atom. The lowest BCUT2D eigenvalue weighted by molar-refractivity contribution is -0.105. The highest BCUT2D eigenvalue weighted by atomic mass is 35.5. The number of nitrogens with one attached hydrogen (secondary N) is 1. The van der Waals surface area contributed by atoms with Gasteiger partial charge in [0.05, 0.1) is 18.2 Å². The Morgan fingerprint density at radius 1 is 1.18 bits per heavy atom. The molecule has 0 aliphatic heterocycles. The molecule has 28 heavy (non-hydrogen) atoms. The highest BCUT2D eigenvalue weighted by Gasteiger charge is 2.23. The van der Waals surface area contributed by atoms with E-state index in [4.69, 9.17) is 39.6 Å². The smallest absolute Gasteiger partial charge is 0.405 e. The first-order valence-corrected chi connectivity index (χ1v) is 10.9. The summed E-state index contributed by atoms with van der Waals surface area (Å²) in [6.45, 7) is 5.83. The van der Waals surface area contributed by atoms with Crippen molar-refractivity contribution >= 4 is 19.3 Å². The van der Waals surface area contributed by atoms with E-state index in [0.717, 1.165) is 0 Å². The summed E-state index contributed by atoms with van der Waals surface area (Å²) in [5, 5.41) is 3.28. The molecule has 1 aromatic rings. The van der Waals surface area contributed by atoms with Gasteiger partial charge in [0.25, 0.3) is 0 Å². The minimum absolute atomic E-state index is 0.0795. The van der Waals surface area contributed by atoms with Crippen LogP contribution in [-0.2, 0) is 27.8 Å². The predicted octanol–water partition coefficient (Wildman–Crippen LogP) is 4.04. The van der Waals surface area contributed by atoms with Crippen molar-refractivity contribution in [2.24, 2.45) is 5.92 Å². The van der Waals surface area contributed by atoms with Gasteiger partial charge in [-0.3, -0.25) is 4.52 Å². The fraction of sp³-hybridized carbons (Fsp3) is 0.667. The van der Waals surface area contributed by atoms with Gasteiger partial charge in [-0.25, -0.2) is 9.65 Å². The van der Waals surface area contributed by atoms with E-state index in [2.05, 4.69) is 5.09 Å². The molecular weight excluding hydrogens is 409 g/mol. The summed E-state index contributed by atoms with van der Waals surface area (Å²) in [7, 11) is 1.01. The van der Waals surface area contributed by atoms with Gasteiger partial charge < -0.3 is 23.5 Å². The highest BCUT2D eigenvalue weighted by molar-refractivity contribution is 7.51. The van der Waals surface area contributed by atoms with Crippen LogP contribution in [0.1, 0.15) is 25.7 Å². The maximum atomic E-state index is 12.5. The average molecular weight is 440 g/mol. The van der Waals surface area contributed by atoms with Crippen molar-refractivity contribution in [3.63, 3.8) is 0 Å². The van der Waals surface area contributed by atoms with E-state index in [9.17, 15) is 4.57 Å². The quantitative estimate of drug-likeness (QED) is 0.249. The van der Waals surface area contributed by atoms with E-state index in [1.807, 2.05) is 13.8 Å². The molecule has 1 N–H and O–H groups in total. The number of rotatable bonds is 15. The molecule has 2 unspecified atom stereocenters.